The molecule has 0 amide bonds. The van der Waals surface area contributed by atoms with Crippen molar-refractivity contribution in [2.24, 2.45) is 13.0 Å². The van der Waals surface area contributed by atoms with Gasteiger partial charge in [0.05, 0.1) is 11.7 Å². The quantitative estimate of drug-likeness (QED) is 0.625. The molecule has 1 saturated heterocycles. The third-order valence-corrected chi connectivity index (χ3v) is 5.60. The maximum atomic E-state index is 12.5. The highest BCUT2D eigenvalue weighted by atomic mass is 35.5. The highest BCUT2D eigenvalue weighted by molar-refractivity contribution is 6.32. The number of pyridine rings is 1. The van der Waals surface area contributed by atoms with Gasteiger partial charge in [-0.2, -0.15) is 4.98 Å². The predicted molar refractivity (Wildman–Crippen MR) is 122 cm³/mol. The fourth-order valence-corrected chi connectivity index (χ4v) is 3.80. The molecule has 2 aromatic heterocycles. The van der Waals surface area contributed by atoms with Crippen LogP contribution in [0.5, 0.6) is 5.75 Å². The molecule has 1 unspecified atom stereocenters. The Bertz CT molecular complexity index is 1210. The number of ether oxygens (including phenoxy) is 1. The van der Waals surface area contributed by atoms with E-state index in [9.17, 15) is 9.59 Å². The molecule has 162 valence electrons. The Hall–Kier alpha value is -3.13. The largest absolute Gasteiger partial charge is 0.480 e. The number of aromatic nitrogens is 3. The summed E-state index contributed by atoms with van der Waals surface area (Å²) >= 11 is 6.34. The third-order valence-electron chi connectivity index (χ3n) is 5.32. The van der Waals surface area contributed by atoms with Crippen LogP contribution in [0.1, 0.15) is 20.3 Å². The molecule has 31 heavy (non-hydrogen) atoms. The van der Waals surface area contributed by atoms with Gasteiger partial charge in [0.15, 0.2) is 17.4 Å². The van der Waals surface area contributed by atoms with Gasteiger partial charge in [-0.15, -0.1) is 0 Å². The summed E-state index contributed by atoms with van der Waals surface area (Å²) in [5.74, 6) is 1.76. The van der Waals surface area contributed by atoms with Crippen LogP contribution in [0.25, 0.3) is 10.9 Å². The number of hydrogen-bond donors (Lipinski definition) is 1. The number of nitrogens with one attached hydrogen (secondary N) is 1. The van der Waals surface area contributed by atoms with Gasteiger partial charge in [-0.25, -0.2) is 4.98 Å². The Morgan fingerprint density at radius 1 is 1.35 bits per heavy atom. The highest BCUT2D eigenvalue weighted by Crippen LogP contribution is 2.29. The molecule has 1 atom stereocenters. The number of rotatable bonds is 6. The number of carbonyl (C=O) groups excluding carboxylic acids is 1. The van der Waals surface area contributed by atoms with Crippen LogP contribution in [-0.4, -0.2) is 40.0 Å². The van der Waals surface area contributed by atoms with Crippen LogP contribution in [0.2, 0.25) is 5.02 Å². The first-order valence-electron chi connectivity index (χ1n) is 10.1. The molecule has 1 aromatic carbocycles. The zero-order valence-electron chi connectivity index (χ0n) is 17.7. The Kier molecular flexibility index (Phi) is 5.82. The fourth-order valence-electron chi connectivity index (χ4n) is 3.67. The molecular formula is C22H24ClN5O3. The first-order chi connectivity index (χ1) is 14.8. The van der Waals surface area contributed by atoms with Gasteiger partial charge in [-0.05, 0) is 43.5 Å². The molecule has 0 saturated carbocycles. The van der Waals surface area contributed by atoms with Crippen LogP contribution < -0.4 is 20.5 Å². The smallest absolute Gasteiger partial charge is 0.293 e. The zero-order chi connectivity index (χ0) is 22.1. The van der Waals surface area contributed by atoms with E-state index >= 15 is 0 Å². The van der Waals surface area contributed by atoms with Crippen LogP contribution >= 0.6 is 11.6 Å². The van der Waals surface area contributed by atoms with E-state index < -0.39 is 0 Å². The highest BCUT2D eigenvalue weighted by Gasteiger charge is 2.21. The van der Waals surface area contributed by atoms with Crippen molar-refractivity contribution in [2.45, 2.75) is 20.3 Å². The van der Waals surface area contributed by atoms with Gasteiger partial charge in [-0.1, -0.05) is 18.5 Å². The predicted octanol–water partition coefficient (Wildman–Crippen LogP) is 3.54. The molecule has 1 fully saturated rings. The molecule has 1 aliphatic heterocycles. The second-order valence-electron chi connectivity index (χ2n) is 7.97. The van der Waals surface area contributed by atoms with Crippen LogP contribution in [0.15, 0.2) is 35.3 Å². The SMILES string of the molecule is CC(=O)COc1cc2cc(Nc3nc(N4CCC(C)C4)ncc3Cl)ccc2n(C)c1=O. The van der Waals surface area contributed by atoms with Gasteiger partial charge >= 0.3 is 0 Å². The van der Waals surface area contributed by atoms with Crippen LogP contribution in [-0.2, 0) is 11.8 Å². The van der Waals surface area contributed by atoms with Crippen LogP contribution in [0, 0.1) is 5.92 Å². The molecule has 9 heteroatoms. The lowest BCUT2D eigenvalue weighted by Gasteiger charge is -2.17. The van der Waals surface area contributed by atoms with Crippen molar-refractivity contribution in [3.63, 3.8) is 0 Å². The first kappa shape index (κ1) is 21.1. The van der Waals surface area contributed by atoms with Crippen LogP contribution in [0.4, 0.5) is 17.5 Å². The van der Waals surface area contributed by atoms with Gasteiger partial charge in [0.1, 0.15) is 11.6 Å². The molecule has 0 aliphatic carbocycles. The average molecular weight is 442 g/mol. The van der Waals surface area contributed by atoms with E-state index in [4.69, 9.17) is 16.3 Å². The minimum atomic E-state index is -0.294. The lowest BCUT2D eigenvalue weighted by atomic mass is 10.2. The number of halogens is 1. The maximum absolute atomic E-state index is 12.5. The monoisotopic (exact) mass is 441 g/mol. The summed E-state index contributed by atoms with van der Waals surface area (Å²) in [5.41, 5.74) is 1.20. The number of nitrogens with zero attached hydrogens (tertiary/aromatic N) is 4. The van der Waals surface area contributed by atoms with Gasteiger partial charge < -0.3 is 19.5 Å². The molecule has 3 heterocycles. The third kappa shape index (κ3) is 4.49. The molecule has 1 N–H and O–H groups in total. The van der Waals surface area contributed by atoms with Crippen molar-refractivity contribution in [3.8, 4) is 5.75 Å². The molecule has 8 nitrogen and oxygen atoms in total. The summed E-state index contributed by atoms with van der Waals surface area (Å²) in [6, 6.07) is 7.22. The minimum absolute atomic E-state index is 0.132. The first-order valence-corrected chi connectivity index (χ1v) is 10.5. The van der Waals surface area contributed by atoms with Crippen LogP contribution in [0.3, 0.4) is 0 Å². The van der Waals surface area contributed by atoms with Crippen molar-refractivity contribution < 1.29 is 9.53 Å². The summed E-state index contributed by atoms with van der Waals surface area (Å²) < 4.78 is 6.89. The molecule has 0 radical (unpaired) electrons. The molecule has 0 bridgehead atoms. The van der Waals surface area contributed by atoms with Gasteiger partial charge in [-0.3, -0.25) is 9.59 Å². The summed E-state index contributed by atoms with van der Waals surface area (Å²) in [6.45, 7) is 5.33. The van der Waals surface area contributed by atoms with E-state index in [0.717, 1.165) is 36.1 Å². The van der Waals surface area contributed by atoms with Crippen molar-refractivity contribution in [2.75, 3.05) is 29.9 Å². The fraction of sp³-hybridized carbons (Fsp3) is 0.364. The van der Waals surface area contributed by atoms with E-state index in [2.05, 4.69) is 27.1 Å². The lowest BCUT2D eigenvalue weighted by molar-refractivity contribution is -0.118. The zero-order valence-corrected chi connectivity index (χ0v) is 18.4. The Labute approximate surface area is 184 Å². The van der Waals surface area contributed by atoms with E-state index in [-0.39, 0.29) is 23.7 Å². The maximum Gasteiger partial charge on any atom is 0.293 e. The second kappa shape index (κ2) is 8.55. The number of anilines is 3. The Balaban J connectivity index is 1.65. The summed E-state index contributed by atoms with van der Waals surface area (Å²) in [7, 11) is 1.67. The van der Waals surface area contributed by atoms with Gasteiger partial charge in [0.25, 0.3) is 5.56 Å². The second-order valence-corrected chi connectivity index (χ2v) is 8.38. The van der Waals surface area contributed by atoms with Gasteiger partial charge in [0, 0.05) is 31.2 Å². The lowest BCUT2D eigenvalue weighted by Crippen LogP contribution is -2.22. The van der Waals surface area contributed by atoms with E-state index in [1.165, 1.54) is 11.5 Å². The Morgan fingerprint density at radius 2 is 2.16 bits per heavy atom. The van der Waals surface area contributed by atoms with Gasteiger partial charge in [0.2, 0.25) is 5.95 Å². The van der Waals surface area contributed by atoms with Crippen molar-refractivity contribution in [1.82, 2.24) is 14.5 Å². The van der Waals surface area contributed by atoms with E-state index in [0.29, 0.717) is 22.7 Å². The number of fused-ring (bicyclic) bond motifs is 1. The molecule has 1 aliphatic rings. The summed E-state index contributed by atoms with van der Waals surface area (Å²) in [5, 5.41) is 4.45. The van der Waals surface area contributed by atoms with E-state index in [1.807, 2.05) is 18.2 Å². The number of aryl methyl sites for hydroxylation is 1. The minimum Gasteiger partial charge on any atom is -0.480 e. The number of ketones is 1. The van der Waals surface area contributed by atoms with Crippen molar-refractivity contribution >= 4 is 45.7 Å². The summed E-state index contributed by atoms with van der Waals surface area (Å²) in [6.07, 6.45) is 2.72. The Morgan fingerprint density at radius 3 is 2.87 bits per heavy atom. The number of benzene rings is 1. The number of Topliss-reactive ketones (excluding diaryl/α,β-unsaturated/α-hetero) is 1. The topological polar surface area (TPSA) is 89.3 Å². The van der Waals surface area contributed by atoms with E-state index in [1.54, 1.807) is 19.3 Å². The van der Waals surface area contributed by atoms with Crippen molar-refractivity contribution in [1.29, 1.82) is 0 Å². The molecular weight excluding hydrogens is 418 g/mol. The number of carbonyl (C=O) groups is 1. The standard InChI is InChI=1S/C22H24ClN5O3/c1-13-6-7-28(11-13)22-24-10-17(23)20(26-22)25-16-4-5-18-15(8-16)9-19(21(30)27(18)3)31-12-14(2)29/h4-5,8-10,13H,6-7,11-12H2,1-3H3,(H,24,25,26). The molecule has 3 aromatic rings. The summed E-state index contributed by atoms with van der Waals surface area (Å²) in [4.78, 5) is 34.9. The number of hydrogen-bond acceptors (Lipinski definition) is 7. The normalized spacial score (nSPS) is 16.0. The molecule has 4 rings (SSSR count). The average Bonchev–Trinajstić information content (AvgIpc) is 3.17. The molecule has 0 spiro atoms. The van der Waals surface area contributed by atoms with Crippen molar-refractivity contribution in [3.05, 3.63) is 45.8 Å².